The van der Waals surface area contributed by atoms with Gasteiger partial charge in [-0.25, -0.2) is 4.39 Å². The lowest BCUT2D eigenvalue weighted by Gasteiger charge is -2.26. The molecule has 0 bridgehead atoms. The van der Waals surface area contributed by atoms with Crippen molar-refractivity contribution in [3.05, 3.63) is 35.6 Å². The summed E-state index contributed by atoms with van der Waals surface area (Å²) in [6, 6.07) is 6.45. The van der Waals surface area contributed by atoms with E-state index in [1.54, 1.807) is 12.1 Å². The zero-order valence-electron chi connectivity index (χ0n) is 10.3. The SMILES string of the molecule is CN1CCCC(O)(Cc2ccc(F)cc2)CC1. The molecule has 94 valence electrons. The van der Waals surface area contributed by atoms with Gasteiger partial charge in [0.1, 0.15) is 5.82 Å². The van der Waals surface area contributed by atoms with Gasteiger partial charge in [-0.3, -0.25) is 0 Å². The number of rotatable bonds is 2. The summed E-state index contributed by atoms with van der Waals surface area (Å²) in [5.74, 6) is -0.221. The molecular formula is C14H20FNO. The van der Waals surface area contributed by atoms with Gasteiger partial charge in [0.15, 0.2) is 0 Å². The fourth-order valence-corrected chi connectivity index (χ4v) is 2.47. The molecule has 2 nitrogen and oxygen atoms in total. The first-order chi connectivity index (χ1) is 8.07. The second kappa shape index (κ2) is 5.15. The molecule has 1 aromatic rings. The average molecular weight is 237 g/mol. The molecule has 0 aliphatic carbocycles. The highest BCUT2D eigenvalue weighted by Crippen LogP contribution is 2.26. The molecule has 3 heteroatoms. The fraction of sp³-hybridized carbons (Fsp3) is 0.571. The lowest BCUT2D eigenvalue weighted by atomic mass is 9.88. The van der Waals surface area contributed by atoms with Crippen LogP contribution in [-0.2, 0) is 6.42 Å². The second-order valence-corrected chi connectivity index (χ2v) is 5.18. The molecular weight excluding hydrogens is 217 g/mol. The van der Waals surface area contributed by atoms with Crippen LogP contribution in [0.25, 0.3) is 0 Å². The van der Waals surface area contributed by atoms with Gasteiger partial charge in [0.05, 0.1) is 5.60 Å². The highest BCUT2D eigenvalue weighted by Gasteiger charge is 2.29. The first-order valence-electron chi connectivity index (χ1n) is 6.23. The molecule has 0 radical (unpaired) electrons. The van der Waals surface area contributed by atoms with E-state index in [0.717, 1.165) is 37.9 Å². The molecule has 1 aliphatic heterocycles. The molecule has 1 unspecified atom stereocenters. The van der Waals surface area contributed by atoms with Gasteiger partial charge in [-0.2, -0.15) is 0 Å². The van der Waals surface area contributed by atoms with Crippen molar-refractivity contribution in [2.75, 3.05) is 20.1 Å². The van der Waals surface area contributed by atoms with Crippen LogP contribution in [0.15, 0.2) is 24.3 Å². The predicted octanol–water partition coefficient (Wildman–Crippen LogP) is 2.21. The van der Waals surface area contributed by atoms with Crippen molar-refractivity contribution in [1.29, 1.82) is 0 Å². The Balaban J connectivity index is 2.03. The van der Waals surface area contributed by atoms with Gasteiger partial charge < -0.3 is 10.0 Å². The Morgan fingerprint density at radius 2 is 1.94 bits per heavy atom. The van der Waals surface area contributed by atoms with E-state index in [-0.39, 0.29) is 5.82 Å². The molecule has 1 N–H and O–H groups in total. The summed E-state index contributed by atoms with van der Waals surface area (Å²) in [5, 5.41) is 10.6. The predicted molar refractivity (Wildman–Crippen MR) is 66.4 cm³/mol. The third-order valence-corrected chi connectivity index (χ3v) is 3.59. The van der Waals surface area contributed by atoms with Crippen LogP contribution in [0, 0.1) is 5.82 Å². The monoisotopic (exact) mass is 237 g/mol. The summed E-state index contributed by atoms with van der Waals surface area (Å²) in [6.45, 7) is 1.98. The lowest BCUT2D eigenvalue weighted by Crippen LogP contribution is -2.32. The maximum Gasteiger partial charge on any atom is 0.123 e. The number of benzene rings is 1. The third-order valence-electron chi connectivity index (χ3n) is 3.59. The van der Waals surface area contributed by atoms with Crippen LogP contribution in [-0.4, -0.2) is 35.7 Å². The molecule has 17 heavy (non-hydrogen) atoms. The van der Waals surface area contributed by atoms with Crippen LogP contribution in [0.3, 0.4) is 0 Å². The van der Waals surface area contributed by atoms with Crippen LogP contribution in [0.2, 0.25) is 0 Å². The van der Waals surface area contributed by atoms with Crippen LogP contribution >= 0.6 is 0 Å². The minimum absolute atomic E-state index is 0.221. The summed E-state index contributed by atoms with van der Waals surface area (Å²) >= 11 is 0. The minimum Gasteiger partial charge on any atom is -0.389 e. The van der Waals surface area contributed by atoms with Crippen LogP contribution < -0.4 is 0 Å². The van der Waals surface area contributed by atoms with Crippen molar-refractivity contribution < 1.29 is 9.50 Å². The molecule has 2 rings (SSSR count). The van der Waals surface area contributed by atoms with Crippen molar-refractivity contribution in [3.63, 3.8) is 0 Å². The normalized spacial score (nSPS) is 26.8. The maximum absolute atomic E-state index is 12.8. The van der Waals surface area contributed by atoms with E-state index in [0.29, 0.717) is 6.42 Å². The van der Waals surface area contributed by atoms with E-state index < -0.39 is 5.60 Å². The Bertz CT molecular complexity index is 365. The summed E-state index contributed by atoms with van der Waals surface area (Å²) in [5.41, 5.74) is 0.390. The van der Waals surface area contributed by atoms with E-state index in [2.05, 4.69) is 11.9 Å². The van der Waals surface area contributed by atoms with E-state index >= 15 is 0 Å². The largest absolute Gasteiger partial charge is 0.389 e. The smallest absolute Gasteiger partial charge is 0.123 e. The van der Waals surface area contributed by atoms with Crippen molar-refractivity contribution >= 4 is 0 Å². The number of likely N-dealkylation sites (tertiary alicyclic amines) is 1. The molecule has 1 aromatic carbocycles. The van der Waals surface area contributed by atoms with Crippen molar-refractivity contribution in [2.45, 2.75) is 31.3 Å². The standard InChI is InChI=1S/C14H20FNO/c1-16-9-2-7-14(17,8-10-16)11-12-3-5-13(15)6-4-12/h3-6,17H,2,7-11H2,1H3. The fourth-order valence-electron chi connectivity index (χ4n) is 2.47. The highest BCUT2D eigenvalue weighted by molar-refractivity contribution is 5.18. The quantitative estimate of drug-likeness (QED) is 0.852. The van der Waals surface area contributed by atoms with E-state index in [1.165, 1.54) is 12.1 Å². The molecule has 0 spiro atoms. The summed E-state index contributed by atoms with van der Waals surface area (Å²) in [6.07, 6.45) is 3.27. The second-order valence-electron chi connectivity index (χ2n) is 5.18. The van der Waals surface area contributed by atoms with Gasteiger partial charge >= 0.3 is 0 Å². The molecule has 0 aromatic heterocycles. The number of nitrogens with zero attached hydrogens (tertiary/aromatic N) is 1. The van der Waals surface area contributed by atoms with Crippen molar-refractivity contribution in [1.82, 2.24) is 4.90 Å². The summed E-state index contributed by atoms with van der Waals surface area (Å²) in [4.78, 5) is 2.25. The molecule has 1 atom stereocenters. The Morgan fingerprint density at radius 1 is 1.24 bits per heavy atom. The van der Waals surface area contributed by atoms with Gasteiger partial charge in [0.2, 0.25) is 0 Å². The molecule has 1 heterocycles. The van der Waals surface area contributed by atoms with Gasteiger partial charge in [0.25, 0.3) is 0 Å². The van der Waals surface area contributed by atoms with Gasteiger partial charge in [-0.15, -0.1) is 0 Å². The van der Waals surface area contributed by atoms with Crippen molar-refractivity contribution in [3.8, 4) is 0 Å². The third kappa shape index (κ3) is 3.51. The lowest BCUT2D eigenvalue weighted by molar-refractivity contribution is 0.0263. The zero-order valence-corrected chi connectivity index (χ0v) is 10.3. The van der Waals surface area contributed by atoms with Crippen molar-refractivity contribution in [2.24, 2.45) is 0 Å². The molecule has 0 amide bonds. The topological polar surface area (TPSA) is 23.5 Å². The first kappa shape index (κ1) is 12.5. The molecule has 1 aliphatic rings. The van der Waals surface area contributed by atoms with E-state index in [9.17, 15) is 9.50 Å². The maximum atomic E-state index is 12.8. The highest BCUT2D eigenvalue weighted by atomic mass is 19.1. The Kier molecular flexibility index (Phi) is 3.79. The number of hydrogen-bond acceptors (Lipinski definition) is 2. The first-order valence-corrected chi connectivity index (χ1v) is 6.23. The van der Waals surface area contributed by atoms with Gasteiger partial charge in [-0.1, -0.05) is 12.1 Å². The van der Waals surface area contributed by atoms with Crippen LogP contribution in [0.1, 0.15) is 24.8 Å². The van der Waals surface area contributed by atoms with E-state index in [4.69, 9.17) is 0 Å². The summed E-state index contributed by atoms with van der Waals surface area (Å²) < 4.78 is 12.8. The van der Waals surface area contributed by atoms with E-state index in [1.807, 2.05) is 0 Å². The minimum atomic E-state index is -0.622. The van der Waals surface area contributed by atoms with Crippen LogP contribution in [0.5, 0.6) is 0 Å². The Hall–Kier alpha value is -0.930. The van der Waals surface area contributed by atoms with Crippen LogP contribution in [0.4, 0.5) is 4.39 Å². The zero-order chi connectivity index (χ0) is 12.3. The number of hydrogen-bond donors (Lipinski definition) is 1. The van der Waals surface area contributed by atoms with Gasteiger partial charge in [0, 0.05) is 13.0 Å². The van der Waals surface area contributed by atoms with Gasteiger partial charge in [-0.05, 0) is 50.6 Å². The Morgan fingerprint density at radius 3 is 2.65 bits per heavy atom. The molecule has 0 saturated carbocycles. The Labute approximate surface area is 102 Å². The molecule has 1 fully saturated rings. The number of aliphatic hydroxyl groups is 1. The molecule has 1 saturated heterocycles. The average Bonchev–Trinajstić information content (AvgIpc) is 2.45. The summed E-state index contributed by atoms with van der Waals surface area (Å²) in [7, 11) is 2.09. The number of halogens is 1.